The lowest BCUT2D eigenvalue weighted by Gasteiger charge is -2.02. The molecule has 0 N–H and O–H groups in total. The van der Waals surface area contributed by atoms with E-state index in [1.165, 1.54) is 5.57 Å². The molecule has 0 radical (unpaired) electrons. The molecule has 0 saturated heterocycles. The molecule has 2 heteroatoms. The van der Waals surface area contributed by atoms with Crippen molar-refractivity contribution >= 4 is 18.0 Å². The molecule has 0 aliphatic rings. The van der Waals surface area contributed by atoms with Crippen LogP contribution in [-0.4, -0.2) is 11.7 Å². The van der Waals surface area contributed by atoms with Gasteiger partial charge >= 0.3 is 0 Å². The number of hydrogen-bond donors (Lipinski definition) is 0. The molecule has 12 heavy (non-hydrogen) atoms. The molecule has 1 rings (SSSR count). The Kier molecular flexibility index (Phi) is 2.75. The van der Waals surface area contributed by atoms with Crippen molar-refractivity contribution in [2.45, 2.75) is 13.8 Å². The molecule has 1 aromatic heterocycles. The number of aromatic nitrogens is 1. The van der Waals surface area contributed by atoms with Gasteiger partial charge < -0.3 is 0 Å². The van der Waals surface area contributed by atoms with Crippen molar-refractivity contribution in [3.05, 3.63) is 30.1 Å². The molecule has 0 aliphatic heterocycles. The van der Waals surface area contributed by atoms with Crippen molar-refractivity contribution < 1.29 is 0 Å². The van der Waals surface area contributed by atoms with Gasteiger partial charge in [-0.1, -0.05) is 6.08 Å². The van der Waals surface area contributed by atoms with Gasteiger partial charge in [0.15, 0.2) is 0 Å². The highest BCUT2D eigenvalue weighted by molar-refractivity contribution is 5.73. The van der Waals surface area contributed by atoms with Gasteiger partial charge in [-0.15, -0.1) is 0 Å². The summed E-state index contributed by atoms with van der Waals surface area (Å²) in [6.45, 7) is 7.53. The number of rotatable bonds is 2. The first-order valence-electron chi connectivity index (χ1n) is 3.83. The van der Waals surface area contributed by atoms with E-state index in [0.717, 1.165) is 11.3 Å². The van der Waals surface area contributed by atoms with Crippen LogP contribution in [0.5, 0.6) is 0 Å². The van der Waals surface area contributed by atoms with Gasteiger partial charge in [-0.05, 0) is 32.2 Å². The number of hydrogen-bond acceptors (Lipinski definition) is 2. The van der Waals surface area contributed by atoms with Crippen LogP contribution in [0, 0.1) is 0 Å². The summed E-state index contributed by atoms with van der Waals surface area (Å²) in [6, 6.07) is 1.86. The highest BCUT2D eigenvalue weighted by atomic mass is 14.7. The minimum Gasteiger partial charge on any atom is -0.264 e. The molecule has 0 spiro atoms. The molecule has 0 aliphatic carbocycles. The van der Waals surface area contributed by atoms with E-state index in [2.05, 4.69) is 16.7 Å². The van der Waals surface area contributed by atoms with Crippen LogP contribution in [0.4, 0.5) is 5.69 Å². The average Bonchev–Trinajstić information content (AvgIpc) is 2.16. The third-order valence-corrected chi connectivity index (χ3v) is 1.83. The van der Waals surface area contributed by atoms with Crippen LogP contribution in [0.1, 0.15) is 19.4 Å². The van der Waals surface area contributed by atoms with Gasteiger partial charge in [-0.2, -0.15) is 0 Å². The van der Waals surface area contributed by atoms with Crippen LogP contribution in [0.2, 0.25) is 0 Å². The summed E-state index contributed by atoms with van der Waals surface area (Å²) in [5.41, 5.74) is 3.11. The average molecular weight is 160 g/mol. The molecule has 0 amide bonds. The van der Waals surface area contributed by atoms with Gasteiger partial charge in [0.2, 0.25) is 0 Å². The summed E-state index contributed by atoms with van der Waals surface area (Å²) in [6.07, 6.45) is 5.56. The molecule has 0 saturated carbocycles. The van der Waals surface area contributed by atoms with E-state index >= 15 is 0 Å². The second kappa shape index (κ2) is 3.81. The van der Waals surface area contributed by atoms with Crippen molar-refractivity contribution in [1.29, 1.82) is 0 Å². The third kappa shape index (κ3) is 1.59. The predicted octanol–water partition coefficient (Wildman–Crippen LogP) is 2.84. The highest BCUT2D eigenvalue weighted by Crippen LogP contribution is 2.23. The monoisotopic (exact) mass is 160 g/mol. The number of aliphatic imine (C=N–C) groups is 1. The predicted molar refractivity (Wildman–Crippen MR) is 52.8 cm³/mol. The van der Waals surface area contributed by atoms with Crippen LogP contribution < -0.4 is 0 Å². The third-order valence-electron chi connectivity index (χ3n) is 1.83. The van der Waals surface area contributed by atoms with Gasteiger partial charge in [-0.3, -0.25) is 9.98 Å². The number of allylic oxidation sites excluding steroid dienone is 2. The SMILES string of the molecule is C=Nc1ccncc1/C(C)=C\C. The van der Waals surface area contributed by atoms with E-state index in [1.807, 2.05) is 26.0 Å². The second-order valence-electron chi connectivity index (χ2n) is 2.52. The summed E-state index contributed by atoms with van der Waals surface area (Å²) in [7, 11) is 0. The number of pyridine rings is 1. The van der Waals surface area contributed by atoms with Crippen LogP contribution in [0.25, 0.3) is 5.57 Å². The number of nitrogens with zero attached hydrogens (tertiary/aromatic N) is 2. The van der Waals surface area contributed by atoms with E-state index in [9.17, 15) is 0 Å². The Balaban J connectivity index is 3.22. The quantitative estimate of drug-likeness (QED) is 0.611. The Bertz CT molecular complexity index is 313. The van der Waals surface area contributed by atoms with Gasteiger partial charge in [0.25, 0.3) is 0 Å². The maximum absolute atomic E-state index is 4.03. The van der Waals surface area contributed by atoms with Crippen molar-refractivity contribution in [3.63, 3.8) is 0 Å². The topological polar surface area (TPSA) is 25.2 Å². The fourth-order valence-electron chi connectivity index (χ4n) is 0.984. The van der Waals surface area contributed by atoms with E-state index in [-0.39, 0.29) is 0 Å². The minimum atomic E-state index is 0.889. The molecule has 1 aromatic rings. The van der Waals surface area contributed by atoms with Crippen molar-refractivity contribution in [3.8, 4) is 0 Å². The molecule has 0 atom stereocenters. The summed E-state index contributed by atoms with van der Waals surface area (Å²) < 4.78 is 0. The van der Waals surface area contributed by atoms with Crippen molar-refractivity contribution in [2.24, 2.45) is 4.99 Å². The zero-order valence-electron chi connectivity index (χ0n) is 7.41. The first-order valence-corrected chi connectivity index (χ1v) is 3.83. The molecule has 0 unspecified atom stereocenters. The van der Waals surface area contributed by atoms with Gasteiger partial charge in [0, 0.05) is 18.0 Å². The minimum absolute atomic E-state index is 0.889. The maximum atomic E-state index is 4.03. The van der Waals surface area contributed by atoms with Gasteiger partial charge in [-0.25, -0.2) is 0 Å². The lowest BCUT2D eigenvalue weighted by Crippen LogP contribution is -1.81. The normalized spacial score (nSPS) is 11.3. The Labute approximate surface area is 72.7 Å². The fraction of sp³-hybridized carbons (Fsp3) is 0.200. The molecule has 0 aromatic carbocycles. The molecule has 62 valence electrons. The lowest BCUT2D eigenvalue weighted by molar-refractivity contribution is 1.29. The van der Waals surface area contributed by atoms with Crippen molar-refractivity contribution in [2.75, 3.05) is 0 Å². The lowest BCUT2D eigenvalue weighted by atomic mass is 10.1. The maximum Gasteiger partial charge on any atom is 0.0728 e. The second-order valence-corrected chi connectivity index (χ2v) is 2.52. The zero-order chi connectivity index (χ0) is 8.97. The molecule has 0 fully saturated rings. The zero-order valence-corrected chi connectivity index (χ0v) is 7.41. The van der Waals surface area contributed by atoms with E-state index in [1.54, 1.807) is 12.4 Å². The van der Waals surface area contributed by atoms with Gasteiger partial charge in [0.05, 0.1) is 5.69 Å². The van der Waals surface area contributed by atoms with Crippen LogP contribution in [0.3, 0.4) is 0 Å². The van der Waals surface area contributed by atoms with E-state index in [4.69, 9.17) is 0 Å². The smallest absolute Gasteiger partial charge is 0.0728 e. The Morgan fingerprint density at radius 3 is 3.00 bits per heavy atom. The molecule has 1 heterocycles. The summed E-state index contributed by atoms with van der Waals surface area (Å²) >= 11 is 0. The molecular weight excluding hydrogens is 148 g/mol. The largest absolute Gasteiger partial charge is 0.264 e. The summed E-state index contributed by atoms with van der Waals surface area (Å²) in [5, 5.41) is 0. The van der Waals surface area contributed by atoms with Crippen LogP contribution in [0.15, 0.2) is 29.5 Å². The Hall–Kier alpha value is -1.44. The van der Waals surface area contributed by atoms with E-state index in [0.29, 0.717) is 0 Å². The Morgan fingerprint density at radius 1 is 1.67 bits per heavy atom. The standard InChI is InChI=1S/C10H12N2/c1-4-8(2)9-7-12-6-5-10(9)11-3/h4-7H,3H2,1-2H3/b8-4-. The molecule has 2 nitrogen and oxygen atoms in total. The summed E-state index contributed by atoms with van der Waals surface area (Å²) in [4.78, 5) is 7.94. The first-order chi connectivity index (χ1) is 5.79. The molecular formula is C10H12N2. The molecule has 0 bridgehead atoms. The van der Waals surface area contributed by atoms with Gasteiger partial charge in [0.1, 0.15) is 0 Å². The Morgan fingerprint density at radius 2 is 2.42 bits per heavy atom. The van der Waals surface area contributed by atoms with Crippen molar-refractivity contribution in [1.82, 2.24) is 4.98 Å². The van der Waals surface area contributed by atoms with E-state index < -0.39 is 0 Å². The van der Waals surface area contributed by atoms with Crippen LogP contribution >= 0.6 is 0 Å². The highest BCUT2D eigenvalue weighted by Gasteiger charge is 1.99. The first kappa shape index (κ1) is 8.65. The summed E-state index contributed by atoms with van der Waals surface area (Å²) in [5.74, 6) is 0. The van der Waals surface area contributed by atoms with Crippen LogP contribution in [-0.2, 0) is 0 Å². The fourth-order valence-corrected chi connectivity index (χ4v) is 0.984.